The molecule has 0 bridgehead atoms. The molecule has 0 aliphatic rings. The second-order valence-electron chi connectivity index (χ2n) is 6.56. The molecule has 23 heavy (non-hydrogen) atoms. The smallest absolute Gasteiger partial charge is 0.165 e. The summed E-state index contributed by atoms with van der Waals surface area (Å²) >= 11 is 0. The molecule has 0 amide bonds. The highest BCUT2D eigenvalue weighted by molar-refractivity contribution is 7.92. The third-order valence-corrected chi connectivity index (χ3v) is 6.30. The number of rotatable bonds is 8. The highest BCUT2D eigenvalue weighted by Crippen LogP contribution is 2.27. The van der Waals surface area contributed by atoms with Gasteiger partial charge in [0.2, 0.25) is 0 Å². The fraction of sp³-hybridized carbons (Fsp3) is 0.588. The van der Waals surface area contributed by atoms with E-state index < -0.39 is 26.2 Å². The van der Waals surface area contributed by atoms with E-state index in [4.69, 9.17) is 10.1 Å². The molecule has 0 atom stereocenters. The van der Waals surface area contributed by atoms with Gasteiger partial charge in [-0.15, -0.1) is 0 Å². The molecule has 1 rings (SSSR count). The SMILES string of the molecule is CCC(=N)C(C)(C)S(=O)(=O)Cc1cc(OCC(C)C)ccc1F. The van der Waals surface area contributed by atoms with E-state index in [2.05, 4.69) is 0 Å². The molecule has 0 aliphatic heterocycles. The summed E-state index contributed by atoms with van der Waals surface area (Å²) in [5, 5.41) is 7.87. The van der Waals surface area contributed by atoms with E-state index in [1.807, 2.05) is 13.8 Å². The fourth-order valence-electron chi connectivity index (χ4n) is 2.01. The standard InChI is InChI=1S/C17H26FNO3S/c1-6-16(19)17(4,5)23(20,21)11-13-9-14(7-8-15(13)18)22-10-12(2)3/h7-9,12,19H,6,10-11H2,1-5H3. The van der Waals surface area contributed by atoms with Crippen LogP contribution in [-0.4, -0.2) is 25.5 Å². The molecule has 0 aliphatic carbocycles. The maximum Gasteiger partial charge on any atom is 0.165 e. The number of nitrogens with one attached hydrogen (secondary N) is 1. The Balaban J connectivity index is 3.08. The van der Waals surface area contributed by atoms with Crippen molar-refractivity contribution in [2.24, 2.45) is 5.92 Å². The lowest BCUT2D eigenvalue weighted by molar-refractivity contribution is 0.270. The summed E-state index contributed by atoms with van der Waals surface area (Å²) in [5.74, 6) is -0.262. The van der Waals surface area contributed by atoms with Gasteiger partial charge in [-0.05, 0) is 44.4 Å². The van der Waals surface area contributed by atoms with Gasteiger partial charge in [-0.3, -0.25) is 0 Å². The molecule has 0 heterocycles. The molecule has 0 radical (unpaired) electrons. The minimum absolute atomic E-state index is 0.0724. The molecule has 6 heteroatoms. The summed E-state index contributed by atoms with van der Waals surface area (Å²) < 4.78 is 43.4. The topological polar surface area (TPSA) is 67.2 Å². The average molecular weight is 343 g/mol. The Labute approximate surface area is 138 Å². The van der Waals surface area contributed by atoms with Crippen LogP contribution in [0.25, 0.3) is 0 Å². The fourth-order valence-corrected chi connectivity index (χ4v) is 3.52. The van der Waals surface area contributed by atoms with Gasteiger partial charge in [0.25, 0.3) is 0 Å². The number of hydrogen-bond donors (Lipinski definition) is 1. The van der Waals surface area contributed by atoms with Gasteiger partial charge >= 0.3 is 0 Å². The predicted molar refractivity (Wildman–Crippen MR) is 91.5 cm³/mol. The van der Waals surface area contributed by atoms with Crippen molar-refractivity contribution in [3.05, 3.63) is 29.6 Å². The zero-order valence-corrected chi connectivity index (χ0v) is 15.3. The monoisotopic (exact) mass is 343 g/mol. The Bertz CT molecular complexity index is 666. The number of sulfone groups is 1. The third-order valence-electron chi connectivity index (χ3n) is 3.80. The lowest BCUT2D eigenvalue weighted by Crippen LogP contribution is -2.40. The largest absolute Gasteiger partial charge is 0.493 e. The van der Waals surface area contributed by atoms with Crippen molar-refractivity contribution in [3.8, 4) is 5.75 Å². The van der Waals surface area contributed by atoms with Crippen molar-refractivity contribution in [1.82, 2.24) is 0 Å². The average Bonchev–Trinajstić information content (AvgIpc) is 2.46. The Hall–Kier alpha value is -1.43. The number of ether oxygens (including phenoxy) is 1. The van der Waals surface area contributed by atoms with Crippen LogP contribution in [0.2, 0.25) is 0 Å². The second kappa shape index (κ2) is 7.43. The summed E-state index contributed by atoms with van der Waals surface area (Å²) in [5.41, 5.74) is 0.188. The maximum absolute atomic E-state index is 14.0. The first kappa shape index (κ1) is 19.6. The van der Waals surface area contributed by atoms with E-state index in [0.717, 1.165) is 0 Å². The van der Waals surface area contributed by atoms with Crippen LogP contribution in [-0.2, 0) is 15.6 Å². The van der Waals surface area contributed by atoms with E-state index >= 15 is 0 Å². The molecule has 0 unspecified atom stereocenters. The Morgan fingerprint density at radius 1 is 1.35 bits per heavy atom. The normalized spacial score (nSPS) is 12.5. The zero-order valence-electron chi connectivity index (χ0n) is 14.4. The highest BCUT2D eigenvalue weighted by Gasteiger charge is 2.38. The first-order chi connectivity index (χ1) is 10.5. The second-order valence-corrected chi connectivity index (χ2v) is 9.10. The number of hydrogen-bond acceptors (Lipinski definition) is 4. The first-order valence-corrected chi connectivity index (χ1v) is 9.38. The number of halogens is 1. The van der Waals surface area contributed by atoms with E-state index in [9.17, 15) is 12.8 Å². The van der Waals surface area contributed by atoms with Crippen LogP contribution >= 0.6 is 0 Å². The van der Waals surface area contributed by atoms with Gasteiger partial charge < -0.3 is 10.1 Å². The Kier molecular flexibility index (Phi) is 6.33. The van der Waals surface area contributed by atoms with Gasteiger partial charge in [-0.1, -0.05) is 20.8 Å². The van der Waals surface area contributed by atoms with Gasteiger partial charge in [-0.2, -0.15) is 0 Å². The molecule has 1 aromatic rings. The van der Waals surface area contributed by atoms with Crippen LogP contribution in [0, 0.1) is 17.1 Å². The highest BCUT2D eigenvalue weighted by atomic mass is 32.2. The van der Waals surface area contributed by atoms with Crippen LogP contribution in [0.1, 0.15) is 46.6 Å². The van der Waals surface area contributed by atoms with Crippen molar-refractivity contribution < 1.29 is 17.5 Å². The van der Waals surface area contributed by atoms with Crippen molar-refractivity contribution in [1.29, 1.82) is 5.41 Å². The third kappa shape index (κ3) is 4.77. The minimum Gasteiger partial charge on any atom is -0.493 e. The van der Waals surface area contributed by atoms with Gasteiger partial charge in [0.05, 0.1) is 12.4 Å². The molecule has 0 saturated carbocycles. The molecular weight excluding hydrogens is 317 g/mol. The summed E-state index contributed by atoms with van der Waals surface area (Å²) in [7, 11) is -3.71. The summed E-state index contributed by atoms with van der Waals surface area (Å²) in [6.45, 7) is 9.18. The number of benzene rings is 1. The van der Waals surface area contributed by atoms with Crippen molar-refractivity contribution in [2.45, 2.75) is 51.5 Å². The molecular formula is C17H26FNO3S. The molecule has 1 aromatic carbocycles. The minimum atomic E-state index is -3.71. The van der Waals surface area contributed by atoms with Crippen molar-refractivity contribution in [2.75, 3.05) is 6.61 Å². The van der Waals surface area contributed by atoms with Gasteiger partial charge in [0.1, 0.15) is 16.3 Å². The maximum atomic E-state index is 14.0. The van der Waals surface area contributed by atoms with E-state index in [0.29, 0.717) is 24.7 Å². The summed E-state index contributed by atoms with van der Waals surface area (Å²) in [4.78, 5) is 0. The Morgan fingerprint density at radius 2 is 1.96 bits per heavy atom. The van der Waals surface area contributed by atoms with E-state index in [1.54, 1.807) is 6.92 Å². The van der Waals surface area contributed by atoms with E-state index in [1.165, 1.54) is 32.0 Å². The van der Waals surface area contributed by atoms with Crippen LogP contribution in [0.3, 0.4) is 0 Å². The van der Waals surface area contributed by atoms with Crippen LogP contribution < -0.4 is 4.74 Å². The quantitative estimate of drug-likeness (QED) is 0.726. The summed E-state index contributed by atoms with van der Waals surface area (Å²) in [6.07, 6.45) is 0.340. The van der Waals surface area contributed by atoms with Crippen molar-refractivity contribution in [3.63, 3.8) is 0 Å². The van der Waals surface area contributed by atoms with Gasteiger partial charge in [0.15, 0.2) is 9.84 Å². The van der Waals surface area contributed by atoms with Crippen LogP contribution in [0.5, 0.6) is 5.75 Å². The molecule has 1 N–H and O–H groups in total. The summed E-state index contributed by atoms with van der Waals surface area (Å²) in [6, 6.07) is 4.15. The van der Waals surface area contributed by atoms with E-state index in [-0.39, 0.29) is 11.3 Å². The molecule has 0 spiro atoms. The van der Waals surface area contributed by atoms with Gasteiger partial charge in [-0.25, -0.2) is 12.8 Å². The first-order valence-electron chi connectivity index (χ1n) is 7.72. The predicted octanol–water partition coefficient (Wildman–Crippen LogP) is 3.98. The van der Waals surface area contributed by atoms with Crippen LogP contribution in [0.4, 0.5) is 4.39 Å². The molecule has 4 nitrogen and oxygen atoms in total. The Morgan fingerprint density at radius 3 is 2.48 bits per heavy atom. The molecule has 0 saturated heterocycles. The lowest BCUT2D eigenvalue weighted by atomic mass is 10.1. The van der Waals surface area contributed by atoms with Gasteiger partial charge in [0, 0.05) is 11.3 Å². The molecule has 0 fully saturated rings. The lowest BCUT2D eigenvalue weighted by Gasteiger charge is -2.25. The zero-order chi connectivity index (χ0) is 17.8. The van der Waals surface area contributed by atoms with Crippen LogP contribution in [0.15, 0.2) is 18.2 Å². The molecule has 0 aromatic heterocycles. The molecule has 130 valence electrons. The van der Waals surface area contributed by atoms with Crippen molar-refractivity contribution >= 4 is 15.5 Å².